The van der Waals surface area contributed by atoms with Gasteiger partial charge in [-0.2, -0.15) is 0 Å². The number of aromatic nitrogens is 1. The quantitative estimate of drug-likeness (QED) is 0.856. The summed E-state index contributed by atoms with van der Waals surface area (Å²) in [7, 11) is -3.09. The van der Waals surface area contributed by atoms with Gasteiger partial charge < -0.3 is 10.2 Å². The molecule has 2 aromatic rings. The van der Waals surface area contributed by atoms with Crippen LogP contribution in [0.25, 0.3) is 10.9 Å². The normalized spacial score (nSPS) is 18.6. The lowest BCUT2D eigenvalue weighted by molar-refractivity contribution is -0.131. The van der Waals surface area contributed by atoms with Crippen molar-refractivity contribution in [3.8, 4) is 0 Å². The number of rotatable bonds is 5. The van der Waals surface area contributed by atoms with Crippen molar-refractivity contribution in [2.75, 3.05) is 23.4 Å². The van der Waals surface area contributed by atoms with Crippen molar-refractivity contribution in [1.82, 2.24) is 9.88 Å². The Morgan fingerprint density at radius 3 is 2.73 bits per heavy atom. The van der Waals surface area contributed by atoms with Gasteiger partial charge in [-0.3, -0.25) is 14.6 Å². The highest BCUT2D eigenvalue weighted by Crippen LogP contribution is 2.21. The predicted molar refractivity (Wildman–Crippen MR) is 99.4 cm³/mol. The molecule has 0 radical (unpaired) electrons. The SMILES string of the molecule is CC(=O)N(CCC(=O)Nc1cccc2cccnc12)C1CCS(=O)(=O)C1. The highest BCUT2D eigenvalue weighted by Gasteiger charge is 2.33. The summed E-state index contributed by atoms with van der Waals surface area (Å²) in [4.78, 5) is 30.0. The summed E-state index contributed by atoms with van der Waals surface area (Å²) in [5, 5.41) is 3.75. The summed E-state index contributed by atoms with van der Waals surface area (Å²) in [5.41, 5.74) is 1.32. The molecule has 0 aliphatic carbocycles. The van der Waals surface area contributed by atoms with Crippen molar-refractivity contribution < 1.29 is 18.0 Å². The minimum atomic E-state index is -3.09. The third-order valence-electron chi connectivity index (χ3n) is 4.54. The van der Waals surface area contributed by atoms with Gasteiger partial charge in [-0.1, -0.05) is 18.2 Å². The Kier molecular flexibility index (Phi) is 5.22. The first-order valence-corrected chi connectivity index (χ1v) is 10.3. The second kappa shape index (κ2) is 7.41. The van der Waals surface area contributed by atoms with Gasteiger partial charge in [0.05, 0.1) is 22.7 Å². The number of anilines is 1. The van der Waals surface area contributed by atoms with E-state index in [0.29, 0.717) is 17.6 Å². The van der Waals surface area contributed by atoms with Crippen molar-refractivity contribution in [2.45, 2.75) is 25.8 Å². The Morgan fingerprint density at radius 1 is 1.27 bits per heavy atom. The van der Waals surface area contributed by atoms with E-state index in [2.05, 4.69) is 10.3 Å². The lowest BCUT2D eigenvalue weighted by atomic mass is 10.2. The number of benzene rings is 1. The molecule has 1 aromatic heterocycles. The summed E-state index contributed by atoms with van der Waals surface area (Å²) in [6, 6.07) is 8.93. The van der Waals surface area contributed by atoms with Crippen molar-refractivity contribution in [3.63, 3.8) is 0 Å². The molecule has 1 atom stereocenters. The number of hydrogen-bond acceptors (Lipinski definition) is 5. The fourth-order valence-corrected chi connectivity index (χ4v) is 4.99. The van der Waals surface area contributed by atoms with Crippen LogP contribution in [0.15, 0.2) is 36.5 Å². The Bertz CT molecular complexity index is 937. The number of hydrogen-bond donors (Lipinski definition) is 1. The van der Waals surface area contributed by atoms with Crippen molar-refractivity contribution >= 4 is 38.2 Å². The number of sulfone groups is 1. The number of para-hydroxylation sites is 1. The second-order valence-corrected chi connectivity index (χ2v) is 8.68. The molecule has 1 unspecified atom stereocenters. The number of fused-ring (bicyclic) bond motifs is 1. The molecule has 2 amide bonds. The molecule has 1 saturated heterocycles. The van der Waals surface area contributed by atoms with Crippen LogP contribution in [0, 0.1) is 0 Å². The number of pyridine rings is 1. The van der Waals surface area contributed by atoms with Crippen LogP contribution >= 0.6 is 0 Å². The van der Waals surface area contributed by atoms with Gasteiger partial charge in [0.15, 0.2) is 9.84 Å². The summed E-state index contributed by atoms with van der Waals surface area (Å²) in [5.74, 6) is -0.390. The van der Waals surface area contributed by atoms with Crippen LogP contribution < -0.4 is 5.32 Å². The van der Waals surface area contributed by atoms with Crippen LogP contribution in [0.5, 0.6) is 0 Å². The zero-order valence-corrected chi connectivity index (χ0v) is 15.3. The molecule has 3 rings (SSSR count). The first-order valence-electron chi connectivity index (χ1n) is 8.47. The molecule has 0 spiro atoms. The molecular weight excluding hydrogens is 354 g/mol. The molecule has 0 saturated carbocycles. The molecule has 2 heterocycles. The van der Waals surface area contributed by atoms with Crippen LogP contribution in [0.2, 0.25) is 0 Å². The summed E-state index contributed by atoms with van der Waals surface area (Å²) in [6.45, 7) is 1.59. The predicted octanol–water partition coefficient (Wildman–Crippen LogP) is 1.60. The molecular formula is C18H21N3O4S. The average molecular weight is 375 g/mol. The van der Waals surface area contributed by atoms with Crippen LogP contribution in [0.3, 0.4) is 0 Å². The molecule has 1 fully saturated rings. The summed E-state index contributed by atoms with van der Waals surface area (Å²) < 4.78 is 23.3. The number of amides is 2. The molecule has 8 heteroatoms. The molecule has 1 aromatic carbocycles. The smallest absolute Gasteiger partial charge is 0.226 e. The topological polar surface area (TPSA) is 96.4 Å². The maximum atomic E-state index is 12.3. The van der Waals surface area contributed by atoms with Gasteiger partial charge in [0.2, 0.25) is 11.8 Å². The Labute approximate surface area is 152 Å². The van der Waals surface area contributed by atoms with E-state index in [1.165, 1.54) is 11.8 Å². The molecule has 1 aliphatic heterocycles. The first kappa shape index (κ1) is 18.3. The van der Waals surface area contributed by atoms with Gasteiger partial charge in [-0.15, -0.1) is 0 Å². The number of carbonyl (C=O) groups is 2. The monoisotopic (exact) mass is 375 g/mol. The Morgan fingerprint density at radius 2 is 2.04 bits per heavy atom. The maximum absolute atomic E-state index is 12.3. The average Bonchev–Trinajstić information content (AvgIpc) is 2.95. The van der Waals surface area contributed by atoms with Crippen LogP contribution in [-0.2, 0) is 19.4 Å². The first-order chi connectivity index (χ1) is 12.4. The lowest BCUT2D eigenvalue weighted by Crippen LogP contribution is -2.41. The van der Waals surface area contributed by atoms with E-state index in [9.17, 15) is 18.0 Å². The zero-order chi connectivity index (χ0) is 18.7. The largest absolute Gasteiger partial charge is 0.338 e. The Balaban J connectivity index is 1.64. The van der Waals surface area contributed by atoms with E-state index < -0.39 is 9.84 Å². The number of carbonyl (C=O) groups excluding carboxylic acids is 2. The molecule has 7 nitrogen and oxygen atoms in total. The summed E-state index contributed by atoms with van der Waals surface area (Å²) >= 11 is 0. The van der Waals surface area contributed by atoms with Gasteiger partial charge in [0.25, 0.3) is 0 Å². The molecule has 1 N–H and O–H groups in total. The van der Waals surface area contributed by atoms with Crippen LogP contribution in [-0.4, -0.2) is 54.2 Å². The molecule has 138 valence electrons. The van der Waals surface area contributed by atoms with E-state index in [1.807, 2.05) is 24.3 Å². The fraction of sp³-hybridized carbons (Fsp3) is 0.389. The lowest BCUT2D eigenvalue weighted by Gasteiger charge is -2.26. The third kappa shape index (κ3) is 4.19. The zero-order valence-electron chi connectivity index (χ0n) is 14.5. The highest BCUT2D eigenvalue weighted by atomic mass is 32.2. The Hall–Kier alpha value is -2.48. The standard InChI is InChI=1S/C18H21N3O4S/c1-13(22)21(15-8-11-26(24,25)12-15)10-7-17(23)20-16-6-2-4-14-5-3-9-19-18(14)16/h2-6,9,15H,7-8,10-12H2,1H3,(H,20,23). The second-order valence-electron chi connectivity index (χ2n) is 6.45. The van der Waals surface area contributed by atoms with Gasteiger partial charge >= 0.3 is 0 Å². The van der Waals surface area contributed by atoms with Crippen molar-refractivity contribution in [2.24, 2.45) is 0 Å². The van der Waals surface area contributed by atoms with E-state index in [1.54, 1.807) is 12.3 Å². The van der Waals surface area contributed by atoms with E-state index in [0.717, 1.165) is 5.39 Å². The fourth-order valence-electron chi connectivity index (χ4n) is 3.26. The van der Waals surface area contributed by atoms with Crippen LogP contribution in [0.1, 0.15) is 19.8 Å². The summed E-state index contributed by atoms with van der Waals surface area (Å²) in [6.07, 6.45) is 2.19. The van der Waals surface area contributed by atoms with Gasteiger partial charge in [0.1, 0.15) is 0 Å². The van der Waals surface area contributed by atoms with E-state index in [-0.39, 0.29) is 42.3 Å². The van der Waals surface area contributed by atoms with E-state index in [4.69, 9.17) is 0 Å². The number of nitrogens with one attached hydrogen (secondary N) is 1. The highest BCUT2D eigenvalue weighted by molar-refractivity contribution is 7.91. The molecule has 26 heavy (non-hydrogen) atoms. The van der Waals surface area contributed by atoms with Crippen LogP contribution in [0.4, 0.5) is 5.69 Å². The van der Waals surface area contributed by atoms with Crippen molar-refractivity contribution in [3.05, 3.63) is 36.5 Å². The third-order valence-corrected chi connectivity index (χ3v) is 6.29. The minimum Gasteiger partial charge on any atom is -0.338 e. The molecule has 0 bridgehead atoms. The minimum absolute atomic E-state index is 0.0263. The van der Waals surface area contributed by atoms with Gasteiger partial charge in [-0.05, 0) is 18.6 Å². The van der Waals surface area contributed by atoms with E-state index >= 15 is 0 Å². The van der Waals surface area contributed by atoms with Crippen molar-refractivity contribution in [1.29, 1.82) is 0 Å². The van der Waals surface area contributed by atoms with Gasteiger partial charge in [0, 0.05) is 37.5 Å². The molecule has 1 aliphatic rings. The number of nitrogens with zero attached hydrogens (tertiary/aromatic N) is 2. The van der Waals surface area contributed by atoms with Gasteiger partial charge in [-0.25, -0.2) is 8.42 Å². The maximum Gasteiger partial charge on any atom is 0.226 e.